The maximum atomic E-state index is 8.30. The molecule has 1 aliphatic heterocycles. The van der Waals surface area contributed by atoms with Gasteiger partial charge in [-0.1, -0.05) is 0 Å². The third-order valence-corrected chi connectivity index (χ3v) is 1.79. The fourth-order valence-electron chi connectivity index (χ4n) is 1.14. The molecule has 0 atom stereocenters. The van der Waals surface area contributed by atoms with E-state index in [9.17, 15) is 0 Å². The molecule has 0 saturated carbocycles. The Labute approximate surface area is 61.2 Å². The fraction of sp³-hybridized carbons (Fsp3) is 0.857. The Balaban J connectivity index is 2.09. The van der Waals surface area contributed by atoms with E-state index in [1.54, 1.807) is 0 Å². The van der Waals surface area contributed by atoms with E-state index in [2.05, 4.69) is 6.07 Å². The third-order valence-electron chi connectivity index (χ3n) is 1.79. The number of rotatable bonds is 2. The standard InChI is InChI=1S/C7H12N2O/c8-2-1-3-9-4-6-10-7-5-9/h1,3-7H2/p+1. The predicted octanol–water partition coefficient (Wildman–Crippen LogP) is -1.18. The van der Waals surface area contributed by atoms with Crippen LogP contribution in [0.2, 0.25) is 0 Å². The van der Waals surface area contributed by atoms with Crippen molar-refractivity contribution in [3.05, 3.63) is 0 Å². The van der Waals surface area contributed by atoms with Gasteiger partial charge in [-0.25, -0.2) is 0 Å². The molecule has 10 heavy (non-hydrogen) atoms. The minimum atomic E-state index is 0.676. The molecule has 0 aromatic heterocycles. The van der Waals surface area contributed by atoms with E-state index in [4.69, 9.17) is 10.00 Å². The lowest BCUT2D eigenvalue weighted by Gasteiger charge is -2.22. The molecule has 0 amide bonds. The number of quaternary nitrogens is 1. The van der Waals surface area contributed by atoms with Gasteiger partial charge in [0.25, 0.3) is 0 Å². The average Bonchev–Trinajstić information content (AvgIpc) is 2.03. The van der Waals surface area contributed by atoms with Crippen LogP contribution in [0.5, 0.6) is 0 Å². The molecule has 3 heteroatoms. The molecule has 1 heterocycles. The lowest BCUT2D eigenvalue weighted by molar-refractivity contribution is -0.907. The Kier molecular flexibility index (Phi) is 3.20. The van der Waals surface area contributed by atoms with Crippen LogP contribution in [0.15, 0.2) is 0 Å². The molecule has 1 N–H and O–H groups in total. The molecule has 0 aromatic rings. The number of hydrogen-bond acceptors (Lipinski definition) is 2. The first kappa shape index (κ1) is 7.52. The van der Waals surface area contributed by atoms with Gasteiger partial charge >= 0.3 is 0 Å². The van der Waals surface area contributed by atoms with Crippen LogP contribution in [0.25, 0.3) is 0 Å². The Morgan fingerprint density at radius 1 is 1.40 bits per heavy atom. The number of hydrogen-bond donors (Lipinski definition) is 1. The van der Waals surface area contributed by atoms with Crippen molar-refractivity contribution in [3.63, 3.8) is 0 Å². The highest BCUT2D eigenvalue weighted by atomic mass is 16.5. The van der Waals surface area contributed by atoms with E-state index in [0.29, 0.717) is 6.42 Å². The van der Waals surface area contributed by atoms with Crippen molar-refractivity contribution in [2.24, 2.45) is 0 Å². The van der Waals surface area contributed by atoms with Gasteiger partial charge in [0.15, 0.2) is 0 Å². The van der Waals surface area contributed by atoms with Gasteiger partial charge in [-0.2, -0.15) is 5.26 Å². The Bertz CT molecular complexity index is 124. The van der Waals surface area contributed by atoms with E-state index < -0.39 is 0 Å². The monoisotopic (exact) mass is 141 g/mol. The molecule has 1 rings (SSSR count). The molecule has 3 nitrogen and oxygen atoms in total. The summed E-state index contributed by atoms with van der Waals surface area (Å²) in [7, 11) is 0. The van der Waals surface area contributed by atoms with Gasteiger partial charge in [0, 0.05) is 0 Å². The largest absolute Gasteiger partial charge is 0.370 e. The van der Waals surface area contributed by atoms with E-state index in [-0.39, 0.29) is 0 Å². The molecule has 1 aliphatic rings. The Morgan fingerprint density at radius 2 is 2.10 bits per heavy atom. The van der Waals surface area contributed by atoms with Crippen LogP contribution in [0, 0.1) is 11.3 Å². The molecule has 56 valence electrons. The first-order valence-electron chi connectivity index (χ1n) is 3.72. The van der Waals surface area contributed by atoms with Crippen LogP contribution < -0.4 is 4.90 Å². The van der Waals surface area contributed by atoms with E-state index in [1.807, 2.05) is 0 Å². The normalized spacial score (nSPS) is 20.3. The first-order valence-corrected chi connectivity index (χ1v) is 3.72. The van der Waals surface area contributed by atoms with E-state index in [0.717, 1.165) is 32.8 Å². The van der Waals surface area contributed by atoms with Crippen molar-refractivity contribution in [2.45, 2.75) is 6.42 Å². The zero-order valence-corrected chi connectivity index (χ0v) is 6.10. The van der Waals surface area contributed by atoms with Crippen LogP contribution in [0.4, 0.5) is 0 Å². The second-order valence-electron chi connectivity index (χ2n) is 2.52. The van der Waals surface area contributed by atoms with Gasteiger partial charge in [0.2, 0.25) is 0 Å². The van der Waals surface area contributed by atoms with E-state index in [1.165, 1.54) is 4.90 Å². The van der Waals surface area contributed by atoms with Crippen LogP contribution in [0.1, 0.15) is 6.42 Å². The first-order chi connectivity index (χ1) is 4.93. The number of ether oxygens (including phenoxy) is 1. The van der Waals surface area contributed by atoms with Crippen molar-refractivity contribution in [1.82, 2.24) is 0 Å². The van der Waals surface area contributed by atoms with Gasteiger partial charge in [-0.15, -0.1) is 0 Å². The van der Waals surface area contributed by atoms with Gasteiger partial charge in [-0.05, 0) is 0 Å². The summed E-state index contributed by atoms with van der Waals surface area (Å²) in [5.74, 6) is 0. The summed E-state index contributed by atoms with van der Waals surface area (Å²) in [5, 5.41) is 8.30. The van der Waals surface area contributed by atoms with Crippen molar-refractivity contribution in [1.29, 1.82) is 5.26 Å². The van der Waals surface area contributed by atoms with E-state index >= 15 is 0 Å². The van der Waals surface area contributed by atoms with Crippen LogP contribution in [-0.4, -0.2) is 32.8 Å². The lowest BCUT2D eigenvalue weighted by atomic mass is 10.3. The molecule has 1 fully saturated rings. The summed E-state index contributed by atoms with van der Waals surface area (Å²) in [6.07, 6.45) is 0.676. The minimum absolute atomic E-state index is 0.676. The number of morpholine rings is 1. The molecule has 0 bridgehead atoms. The maximum absolute atomic E-state index is 8.30. The summed E-state index contributed by atoms with van der Waals surface area (Å²) in [6, 6.07) is 2.15. The van der Waals surface area contributed by atoms with Gasteiger partial charge < -0.3 is 9.64 Å². The van der Waals surface area contributed by atoms with Gasteiger partial charge in [-0.3, -0.25) is 0 Å². The summed E-state index contributed by atoms with van der Waals surface area (Å²) >= 11 is 0. The zero-order valence-electron chi connectivity index (χ0n) is 6.10. The molecule has 0 spiro atoms. The highest BCUT2D eigenvalue weighted by Gasteiger charge is 2.11. The topological polar surface area (TPSA) is 37.5 Å². The van der Waals surface area contributed by atoms with Crippen LogP contribution in [-0.2, 0) is 4.74 Å². The second-order valence-corrected chi connectivity index (χ2v) is 2.52. The molecule has 0 aromatic carbocycles. The smallest absolute Gasteiger partial charge is 0.101 e. The highest BCUT2D eigenvalue weighted by Crippen LogP contribution is 1.75. The minimum Gasteiger partial charge on any atom is -0.370 e. The molecule has 1 saturated heterocycles. The Morgan fingerprint density at radius 3 is 2.70 bits per heavy atom. The molecule has 0 aliphatic carbocycles. The molecular formula is C7H13N2O+. The van der Waals surface area contributed by atoms with Crippen LogP contribution >= 0.6 is 0 Å². The predicted molar refractivity (Wildman–Crippen MR) is 36.6 cm³/mol. The molecule has 0 radical (unpaired) electrons. The number of nitrogens with zero attached hydrogens (tertiary/aromatic N) is 1. The summed E-state index contributed by atoms with van der Waals surface area (Å²) in [6.45, 7) is 4.85. The summed E-state index contributed by atoms with van der Waals surface area (Å²) < 4.78 is 5.18. The quantitative estimate of drug-likeness (QED) is 0.525. The number of nitrogens with one attached hydrogen (secondary N) is 1. The maximum Gasteiger partial charge on any atom is 0.101 e. The molecule has 0 unspecified atom stereocenters. The SMILES string of the molecule is N#CCC[NH+]1CCOCC1. The van der Waals surface area contributed by atoms with Crippen molar-refractivity contribution < 1.29 is 9.64 Å². The zero-order chi connectivity index (χ0) is 7.23. The van der Waals surface area contributed by atoms with Gasteiger partial charge in [0.1, 0.15) is 13.1 Å². The van der Waals surface area contributed by atoms with Crippen molar-refractivity contribution >= 4 is 0 Å². The molecular weight excluding hydrogens is 128 g/mol. The van der Waals surface area contributed by atoms with Crippen molar-refractivity contribution in [2.75, 3.05) is 32.8 Å². The highest BCUT2D eigenvalue weighted by molar-refractivity contribution is 4.66. The Hall–Kier alpha value is -0.590. The third kappa shape index (κ3) is 2.34. The fourth-order valence-corrected chi connectivity index (χ4v) is 1.14. The van der Waals surface area contributed by atoms with Gasteiger partial charge in [0.05, 0.1) is 32.2 Å². The lowest BCUT2D eigenvalue weighted by Crippen LogP contribution is -3.14. The van der Waals surface area contributed by atoms with Crippen molar-refractivity contribution in [3.8, 4) is 6.07 Å². The van der Waals surface area contributed by atoms with Crippen LogP contribution in [0.3, 0.4) is 0 Å². The number of nitriles is 1. The summed E-state index contributed by atoms with van der Waals surface area (Å²) in [5.41, 5.74) is 0. The average molecular weight is 141 g/mol. The summed E-state index contributed by atoms with van der Waals surface area (Å²) in [4.78, 5) is 1.51. The second kappa shape index (κ2) is 4.26.